The second-order valence-electron chi connectivity index (χ2n) is 5.46. The number of aromatic nitrogens is 1. The summed E-state index contributed by atoms with van der Waals surface area (Å²) in [4.78, 5) is 17.5. The summed E-state index contributed by atoms with van der Waals surface area (Å²) < 4.78 is 5.34. The Balaban J connectivity index is 2.01. The normalized spacial score (nSPS) is 15.4. The predicted octanol–water partition coefficient (Wildman–Crippen LogP) is 3.37. The maximum atomic E-state index is 11.9. The minimum atomic E-state index is -0.472. The molecule has 5 heteroatoms. The Morgan fingerprint density at radius 2 is 2.21 bits per heavy atom. The van der Waals surface area contributed by atoms with Gasteiger partial charge in [0.1, 0.15) is 10.8 Å². The smallest absolute Gasteiger partial charge is 0.410 e. The lowest BCUT2D eigenvalue weighted by atomic mass is 10.1. The lowest BCUT2D eigenvalue weighted by molar-refractivity contribution is 0.0306. The van der Waals surface area contributed by atoms with Gasteiger partial charge in [-0.15, -0.1) is 0 Å². The van der Waals surface area contributed by atoms with Crippen LogP contribution < -0.4 is 0 Å². The zero-order valence-corrected chi connectivity index (χ0v) is 12.1. The summed E-state index contributed by atoms with van der Waals surface area (Å²) >= 11 is 5.87. The molecule has 1 aromatic rings. The number of nitrogens with zero attached hydrogens (tertiary/aromatic N) is 2. The summed E-state index contributed by atoms with van der Waals surface area (Å²) in [7, 11) is 0. The second kappa shape index (κ2) is 5.21. The summed E-state index contributed by atoms with van der Waals surface area (Å²) in [6.45, 7) is 6.67. The third-order valence-corrected chi connectivity index (χ3v) is 2.88. The highest BCUT2D eigenvalue weighted by Gasteiger charge is 2.25. The maximum absolute atomic E-state index is 11.9. The Kier molecular flexibility index (Phi) is 3.80. The Morgan fingerprint density at radius 3 is 2.84 bits per heavy atom. The van der Waals surface area contributed by atoms with E-state index in [4.69, 9.17) is 16.3 Å². The van der Waals surface area contributed by atoms with E-state index < -0.39 is 5.60 Å². The fourth-order valence-corrected chi connectivity index (χ4v) is 2.01. The second-order valence-corrected chi connectivity index (χ2v) is 5.84. The quantitative estimate of drug-likeness (QED) is 0.741. The van der Waals surface area contributed by atoms with E-state index in [-0.39, 0.29) is 6.09 Å². The topological polar surface area (TPSA) is 42.4 Å². The van der Waals surface area contributed by atoms with Crippen LogP contribution in [-0.4, -0.2) is 34.7 Å². The number of carbonyl (C=O) groups is 1. The third kappa shape index (κ3) is 3.70. The van der Waals surface area contributed by atoms with E-state index in [1.807, 2.05) is 32.9 Å². The molecule has 102 valence electrons. The molecule has 0 spiro atoms. The summed E-state index contributed by atoms with van der Waals surface area (Å²) in [6, 6.07) is 3.68. The van der Waals surface area contributed by atoms with Crippen LogP contribution in [0.5, 0.6) is 0 Å². The van der Waals surface area contributed by atoms with Crippen molar-refractivity contribution in [3.63, 3.8) is 0 Å². The van der Waals surface area contributed by atoms with Crippen LogP contribution in [0.2, 0.25) is 5.15 Å². The molecule has 1 aromatic heterocycles. The highest BCUT2D eigenvalue weighted by atomic mass is 35.5. The molecule has 0 radical (unpaired) electrons. The van der Waals surface area contributed by atoms with Gasteiger partial charge in [-0.3, -0.25) is 0 Å². The zero-order valence-electron chi connectivity index (χ0n) is 11.3. The van der Waals surface area contributed by atoms with Gasteiger partial charge >= 0.3 is 6.09 Å². The van der Waals surface area contributed by atoms with Crippen molar-refractivity contribution in [2.24, 2.45) is 0 Å². The fraction of sp³-hybridized carbons (Fsp3) is 0.429. The molecule has 0 saturated heterocycles. The minimum Gasteiger partial charge on any atom is -0.444 e. The Morgan fingerprint density at radius 1 is 1.47 bits per heavy atom. The zero-order chi connectivity index (χ0) is 14.0. The molecule has 2 heterocycles. The van der Waals surface area contributed by atoms with Crippen LogP contribution in [0.4, 0.5) is 4.79 Å². The Bertz CT molecular complexity index is 520. The van der Waals surface area contributed by atoms with Gasteiger partial charge in [0.15, 0.2) is 0 Å². The van der Waals surface area contributed by atoms with Crippen molar-refractivity contribution in [1.82, 2.24) is 9.88 Å². The van der Waals surface area contributed by atoms with Crippen molar-refractivity contribution in [3.05, 3.63) is 35.1 Å². The van der Waals surface area contributed by atoms with Gasteiger partial charge in [0, 0.05) is 19.3 Å². The van der Waals surface area contributed by atoms with E-state index in [0.29, 0.717) is 18.2 Å². The molecule has 2 rings (SSSR count). The van der Waals surface area contributed by atoms with Crippen molar-refractivity contribution < 1.29 is 9.53 Å². The molecule has 19 heavy (non-hydrogen) atoms. The molecule has 1 aliphatic rings. The number of hydrogen-bond donors (Lipinski definition) is 0. The van der Waals surface area contributed by atoms with Gasteiger partial charge < -0.3 is 9.64 Å². The van der Waals surface area contributed by atoms with E-state index in [0.717, 1.165) is 11.1 Å². The fourth-order valence-electron chi connectivity index (χ4n) is 1.83. The predicted molar refractivity (Wildman–Crippen MR) is 75.0 cm³/mol. The lowest BCUT2D eigenvalue weighted by Gasteiger charge is -2.24. The van der Waals surface area contributed by atoms with E-state index in [1.54, 1.807) is 17.2 Å². The molecule has 0 N–H and O–H groups in total. The van der Waals surface area contributed by atoms with Crippen LogP contribution in [0.15, 0.2) is 24.4 Å². The van der Waals surface area contributed by atoms with Gasteiger partial charge in [0.2, 0.25) is 0 Å². The SMILES string of the molecule is CC(C)(C)OC(=O)N1CC=C(c2ccnc(Cl)c2)C1. The molecule has 0 unspecified atom stereocenters. The van der Waals surface area contributed by atoms with Crippen LogP contribution in [0.1, 0.15) is 26.3 Å². The van der Waals surface area contributed by atoms with Crippen molar-refractivity contribution >= 4 is 23.3 Å². The molecule has 0 fully saturated rings. The van der Waals surface area contributed by atoms with E-state index in [1.165, 1.54) is 0 Å². The summed E-state index contributed by atoms with van der Waals surface area (Å²) in [6.07, 6.45) is 3.38. The number of amides is 1. The first kappa shape index (κ1) is 13.9. The minimum absolute atomic E-state index is 0.293. The number of pyridine rings is 1. The number of carbonyl (C=O) groups excluding carboxylic acids is 1. The van der Waals surface area contributed by atoms with Crippen molar-refractivity contribution in [1.29, 1.82) is 0 Å². The summed E-state index contributed by atoms with van der Waals surface area (Å²) in [5.74, 6) is 0. The standard InChI is InChI=1S/C14H17ClN2O2/c1-14(2,3)19-13(18)17-7-5-11(9-17)10-4-6-16-12(15)8-10/h4-6,8H,7,9H2,1-3H3. The first-order chi connectivity index (χ1) is 8.85. The Labute approximate surface area is 118 Å². The Hall–Kier alpha value is -1.55. The average molecular weight is 281 g/mol. The van der Waals surface area contributed by atoms with Crippen molar-refractivity contribution in [3.8, 4) is 0 Å². The molecule has 4 nitrogen and oxygen atoms in total. The molecule has 1 aliphatic heterocycles. The summed E-state index contributed by atoms with van der Waals surface area (Å²) in [5, 5.41) is 0.453. The van der Waals surface area contributed by atoms with Gasteiger partial charge in [0.05, 0.1) is 0 Å². The van der Waals surface area contributed by atoms with Gasteiger partial charge in [-0.2, -0.15) is 0 Å². The molecular weight excluding hydrogens is 264 g/mol. The molecule has 1 amide bonds. The van der Waals surface area contributed by atoms with Gasteiger partial charge in [-0.1, -0.05) is 17.7 Å². The van der Waals surface area contributed by atoms with Gasteiger partial charge in [0.25, 0.3) is 0 Å². The van der Waals surface area contributed by atoms with Crippen LogP contribution >= 0.6 is 11.6 Å². The van der Waals surface area contributed by atoms with E-state index in [9.17, 15) is 4.79 Å². The number of hydrogen-bond acceptors (Lipinski definition) is 3. The molecule has 0 aromatic carbocycles. The van der Waals surface area contributed by atoms with Crippen molar-refractivity contribution in [2.75, 3.05) is 13.1 Å². The van der Waals surface area contributed by atoms with Gasteiger partial charge in [-0.25, -0.2) is 9.78 Å². The molecule has 0 saturated carbocycles. The number of rotatable bonds is 1. The summed E-state index contributed by atoms with van der Waals surface area (Å²) in [5.41, 5.74) is 1.58. The van der Waals surface area contributed by atoms with E-state index >= 15 is 0 Å². The molecule has 0 atom stereocenters. The lowest BCUT2D eigenvalue weighted by Crippen LogP contribution is -2.35. The highest BCUT2D eigenvalue weighted by Crippen LogP contribution is 2.23. The molecule has 0 bridgehead atoms. The van der Waals surface area contributed by atoms with Crippen LogP contribution in [-0.2, 0) is 4.74 Å². The largest absolute Gasteiger partial charge is 0.444 e. The first-order valence-electron chi connectivity index (χ1n) is 6.14. The van der Waals surface area contributed by atoms with Gasteiger partial charge in [-0.05, 0) is 44.0 Å². The first-order valence-corrected chi connectivity index (χ1v) is 6.52. The van der Waals surface area contributed by atoms with E-state index in [2.05, 4.69) is 4.98 Å². The molecular formula is C14H17ClN2O2. The van der Waals surface area contributed by atoms with Crippen LogP contribution in [0, 0.1) is 0 Å². The number of halogens is 1. The van der Waals surface area contributed by atoms with Crippen LogP contribution in [0.3, 0.4) is 0 Å². The van der Waals surface area contributed by atoms with Crippen molar-refractivity contribution in [2.45, 2.75) is 26.4 Å². The third-order valence-electron chi connectivity index (χ3n) is 2.67. The molecule has 0 aliphatic carbocycles. The average Bonchev–Trinajstić information content (AvgIpc) is 2.75. The number of ether oxygens (including phenoxy) is 1. The maximum Gasteiger partial charge on any atom is 0.410 e. The van der Waals surface area contributed by atoms with Crippen LogP contribution in [0.25, 0.3) is 5.57 Å². The monoisotopic (exact) mass is 280 g/mol. The highest BCUT2D eigenvalue weighted by molar-refractivity contribution is 6.29.